The molecular weight excluding hydrogens is 258 g/mol. The summed E-state index contributed by atoms with van der Waals surface area (Å²) in [5, 5.41) is 11.1. The molecule has 0 amide bonds. The number of hydrogen-bond acceptors (Lipinski definition) is 3. The Bertz CT molecular complexity index is 425. The first-order valence-electron chi connectivity index (χ1n) is 6.52. The third-order valence-corrected chi connectivity index (χ3v) is 3.76. The average molecular weight is 283 g/mol. The molecule has 0 spiro atoms. The van der Waals surface area contributed by atoms with E-state index in [0.717, 1.165) is 36.9 Å². The molecule has 1 heterocycles. The number of nitrogens with zero attached hydrogens (tertiary/aromatic N) is 3. The molecule has 0 fully saturated rings. The Hall–Kier alpha value is -1.17. The van der Waals surface area contributed by atoms with E-state index in [-0.39, 0.29) is 0 Å². The predicted molar refractivity (Wildman–Crippen MR) is 84.1 cm³/mol. The van der Waals surface area contributed by atoms with E-state index in [9.17, 15) is 0 Å². The van der Waals surface area contributed by atoms with Gasteiger partial charge in [0.05, 0.1) is 5.69 Å². The van der Waals surface area contributed by atoms with Crippen molar-refractivity contribution in [3.63, 3.8) is 0 Å². The van der Waals surface area contributed by atoms with Gasteiger partial charge in [-0.1, -0.05) is 0 Å². The van der Waals surface area contributed by atoms with Crippen molar-refractivity contribution in [1.29, 1.82) is 0 Å². The summed E-state index contributed by atoms with van der Waals surface area (Å²) < 4.78 is 1.94. The Labute approximate surface area is 120 Å². The summed E-state index contributed by atoms with van der Waals surface area (Å²) in [4.78, 5) is 4.21. The first kappa shape index (κ1) is 15.9. The van der Waals surface area contributed by atoms with Crippen molar-refractivity contribution in [3.05, 3.63) is 17.0 Å². The third-order valence-electron chi connectivity index (χ3n) is 3.15. The van der Waals surface area contributed by atoms with E-state index in [2.05, 4.69) is 40.8 Å². The first-order valence-corrected chi connectivity index (χ1v) is 7.92. The van der Waals surface area contributed by atoms with Gasteiger partial charge in [-0.2, -0.15) is 16.9 Å². The minimum atomic E-state index is 0.867. The van der Waals surface area contributed by atoms with Gasteiger partial charge in [0, 0.05) is 38.6 Å². The molecule has 0 aliphatic rings. The van der Waals surface area contributed by atoms with E-state index in [4.69, 9.17) is 0 Å². The van der Waals surface area contributed by atoms with Crippen LogP contribution in [0.25, 0.3) is 0 Å². The van der Waals surface area contributed by atoms with Crippen LogP contribution in [0.3, 0.4) is 0 Å². The number of aromatic nitrogens is 2. The molecule has 108 valence electrons. The lowest BCUT2D eigenvalue weighted by molar-refractivity contribution is 0.729. The fraction of sp³-hybridized carbons (Fsp3) is 0.692. The van der Waals surface area contributed by atoms with Gasteiger partial charge in [0.2, 0.25) is 0 Å². The molecule has 0 aromatic carbocycles. The van der Waals surface area contributed by atoms with E-state index < -0.39 is 0 Å². The van der Waals surface area contributed by atoms with Crippen LogP contribution in [0.4, 0.5) is 0 Å². The highest BCUT2D eigenvalue weighted by Crippen LogP contribution is 2.11. The maximum absolute atomic E-state index is 4.43. The zero-order valence-corrected chi connectivity index (χ0v) is 13.4. The molecular formula is C13H25N5S. The molecule has 1 rings (SSSR count). The van der Waals surface area contributed by atoms with Gasteiger partial charge >= 0.3 is 0 Å². The van der Waals surface area contributed by atoms with Crippen LogP contribution in [0.2, 0.25) is 0 Å². The summed E-state index contributed by atoms with van der Waals surface area (Å²) in [6, 6.07) is 0. The number of rotatable bonds is 6. The Balaban J connectivity index is 2.40. The summed E-state index contributed by atoms with van der Waals surface area (Å²) in [5.41, 5.74) is 3.69. The fourth-order valence-corrected chi connectivity index (χ4v) is 2.28. The van der Waals surface area contributed by atoms with Gasteiger partial charge in [0.1, 0.15) is 0 Å². The summed E-state index contributed by atoms with van der Waals surface area (Å²) in [5.74, 6) is 1.95. The lowest BCUT2D eigenvalue weighted by atomic mass is 10.1. The highest BCUT2D eigenvalue weighted by Gasteiger charge is 2.08. The highest BCUT2D eigenvalue weighted by atomic mass is 32.2. The maximum atomic E-state index is 4.43. The van der Waals surface area contributed by atoms with Gasteiger partial charge < -0.3 is 10.6 Å². The van der Waals surface area contributed by atoms with Gasteiger partial charge in [-0.15, -0.1) is 0 Å². The van der Waals surface area contributed by atoms with Crippen molar-refractivity contribution in [2.75, 3.05) is 32.1 Å². The number of thioether (sulfide) groups is 1. The van der Waals surface area contributed by atoms with Crippen molar-refractivity contribution < 1.29 is 0 Å². The zero-order valence-electron chi connectivity index (χ0n) is 12.6. The molecule has 6 heteroatoms. The van der Waals surface area contributed by atoms with Crippen molar-refractivity contribution in [2.45, 2.75) is 20.3 Å². The number of aryl methyl sites for hydroxylation is 2. The van der Waals surface area contributed by atoms with E-state index >= 15 is 0 Å². The molecule has 1 aromatic heterocycles. The lowest BCUT2D eigenvalue weighted by Gasteiger charge is -2.11. The average Bonchev–Trinajstić information content (AvgIpc) is 2.63. The third kappa shape index (κ3) is 4.78. The second-order valence-electron chi connectivity index (χ2n) is 4.44. The van der Waals surface area contributed by atoms with E-state index in [1.807, 2.05) is 23.5 Å². The van der Waals surface area contributed by atoms with Crippen LogP contribution in [0.1, 0.15) is 17.0 Å². The van der Waals surface area contributed by atoms with E-state index in [1.54, 1.807) is 7.05 Å². The van der Waals surface area contributed by atoms with Crippen molar-refractivity contribution >= 4 is 17.7 Å². The molecule has 19 heavy (non-hydrogen) atoms. The molecule has 1 aromatic rings. The quantitative estimate of drug-likeness (QED) is 0.466. The number of guanidine groups is 1. The van der Waals surface area contributed by atoms with Crippen molar-refractivity contribution in [3.8, 4) is 0 Å². The summed E-state index contributed by atoms with van der Waals surface area (Å²) in [6.07, 6.45) is 3.07. The second-order valence-corrected chi connectivity index (χ2v) is 5.43. The molecule has 0 saturated heterocycles. The molecule has 5 nitrogen and oxygen atoms in total. The first-order chi connectivity index (χ1) is 9.10. The van der Waals surface area contributed by atoms with Crippen LogP contribution in [-0.2, 0) is 13.5 Å². The molecule has 0 aliphatic heterocycles. The van der Waals surface area contributed by atoms with Gasteiger partial charge in [0.25, 0.3) is 0 Å². The summed E-state index contributed by atoms with van der Waals surface area (Å²) >= 11 is 1.83. The Kier molecular flexibility index (Phi) is 6.77. The minimum absolute atomic E-state index is 0.867. The van der Waals surface area contributed by atoms with Gasteiger partial charge in [0.15, 0.2) is 5.96 Å². The summed E-state index contributed by atoms with van der Waals surface area (Å²) in [6.45, 7) is 5.98. The Morgan fingerprint density at radius 3 is 2.53 bits per heavy atom. The maximum Gasteiger partial charge on any atom is 0.191 e. The van der Waals surface area contributed by atoms with E-state index in [0.29, 0.717) is 0 Å². The Morgan fingerprint density at radius 2 is 2.00 bits per heavy atom. The SMILES string of the molecule is CN=C(NCCSC)NCCc1c(C)nn(C)c1C. The smallest absolute Gasteiger partial charge is 0.191 e. The largest absolute Gasteiger partial charge is 0.356 e. The number of hydrogen-bond donors (Lipinski definition) is 2. The molecule has 0 saturated carbocycles. The molecule has 2 N–H and O–H groups in total. The lowest BCUT2D eigenvalue weighted by Crippen LogP contribution is -2.39. The van der Waals surface area contributed by atoms with Crippen LogP contribution in [0, 0.1) is 13.8 Å². The molecule has 0 radical (unpaired) electrons. The minimum Gasteiger partial charge on any atom is -0.356 e. The van der Waals surface area contributed by atoms with Crippen LogP contribution >= 0.6 is 11.8 Å². The second kappa shape index (κ2) is 8.09. The standard InChI is InChI=1S/C13H25N5S/c1-10-12(11(2)18(4)17-10)6-7-15-13(14-3)16-8-9-19-5/h6-9H2,1-5H3,(H2,14,15,16). The molecule has 0 bridgehead atoms. The molecule has 0 aliphatic carbocycles. The van der Waals surface area contributed by atoms with Crippen molar-refractivity contribution in [1.82, 2.24) is 20.4 Å². The zero-order chi connectivity index (χ0) is 14.3. The van der Waals surface area contributed by atoms with Crippen LogP contribution in [0.5, 0.6) is 0 Å². The van der Waals surface area contributed by atoms with Gasteiger partial charge in [-0.25, -0.2) is 0 Å². The van der Waals surface area contributed by atoms with Crippen LogP contribution in [0.15, 0.2) is 4.99 Å². The Morgan fingerprint density at radius 1 is 1.32 bits per heavy atom. The van der Waals surface area contributed by atoms with E-state index in [1.165, 1.54) is 11.3 Å². The monoisotopic (exact) mass is 283 g/mol. The topological polar surface area (TPSA) is 54.2 Å². The summed E-state index contributed by atoms with van der Waals surface area (Å²) in [7, 11) is 3.79. The van der Waals surface area contributed by atoms with Gasteiger partial charge in [-0.3, -0.25) is 9.67 Å². The fourth-order valence-electron chi connectivity index (χ4n) is 1.98. The normalized spacial score (nSPS) is 11.7. The van der Waals surface area contributed by atoms with Gasteiger partial charge in [-0.05, 0) is 32.1 Å². The van der Waals surface area contributed by atoms with Crippen LogP contribution in [-0.4, -0.2) is 47.9 Å². The molecule has 0 atom stereocenters. The molecule has 0 unspecified atom stereocenters. The predicted octanol–water partition coefficient (Wildman–Crippen LogP) is 1.11. The van der Waals surface area contributed by atoms with Crippen LogP contribution < -0.4 is 10.6 Å². The number of aliphatic imine (C=N–C) groups is 1. The van der Waals surface area contributed by atoms with Crippen molar-refractivity contribution in [2.24, 2.45) is 12.0 Å². The highest BCUT2D eigenvalue weighted by molar-refractivity contribution is 7.98. The number of nitrogens with one attached hydrogen (secondary N) is 2.